The van der Waals surface area contributed by atoms with E-state index in [2.05, 4.69) is 35.8 Å². The first-order valence-corrected chi connectivity index (χ1v) is 25.6. The smallest absolute Gasteiger partial charge is 0.355 e. The van der Waals surface area contributed by atoms with Crippen LogP contribution in [0.5, 0.6) is 17.2 Å². The van der Waals surface area contributed by atoms with Crippen LogP contribution >= 0.6 is 0 Å². The van der Waals surface area contributed by atoms with Gasteiger partial charge in [0.15, 0.2) is 21.3 Å². The molecule has 1 amide bonds. The molecule has 0 radical (unpaired) electrons. The van der Waals surface area contributed by atoms with Crippen molar-refractivity contribution in [2.24, 2.45) is 35.8 Å². The highest BCUT2D eigenvalue weighted by molar-refractivity contribution is 7.91. The third-order valence-electron chi connectivity index (χ3n) is 9.85. The second-order valence-electron chi connectivity index (χ2n) is 14.6. The Balaban J connectivity index is 1.26. The van der Waals surface area contributed by atoms with Crippen molar-refractivity contribution in [1.82, 2.24) is 0 Å². The third-order valence-corrected chi connectivity index (χ3v) is 13.4. The van der Waals surface area contributed by atoms with Gasteiger partial charge in [-0.1, -0.05) is 12.1 Å². The number of benzene rings is 6. The van der Waals surface area contributed by atoms with Gasteiger partial charge in [-0.15, -0.1) is 15.3 Å². The van der Waals surface area contributed by atoms with Crippen LogP contribution in [0.2, 0.25) is 0 Å². The normalized spacial score (nSPS) is 15.1. The molecule has 370 valence electrons. The minimum atomic E-state index is -5.24. The van der Waals surface area contributed by atoms with Gasteiger partial charge in [0, 0.05) is 39.4 Å². The number of sulfone groups is 1. The van der Waals surface area contributed by atoms with Crippen LogP contribution in [0, 0.1) is 0 Å². The minimum Gasteiger partial charge on any atom is -0.768 e. The largest absolute Gasteiger partial charge is 0.768 e. The molecule has 6 N–H and O–H groups in total. The highest BCUT2D eigenvalue weighted by Gasteiger charge is 2.41. The van der Waals surface area contributed by atoms with Crippen molar-refractivity contribution in [3.8, 4) is 17.2 Å². The Kier molecular flexibility index (Phi) is 14.8. The standard InChI is InChI=1S/C41H34N8O18S4/c1-69(58,59)33-4-2-3-27-28(33)17-23(18-34(27)70(60,61)62)43-44-29-19-32(67-14-12-51)30(20-31(29)66-13-11-50)45-46-36-35(71(63,64)65)16-21-15-22(5-10-26(21)39(36)52)42-47-37-38(41(54)55)48-49(40(37)53)24-6-8-25(9-7-24)68(56)57/h2-10,15-20,37,50-52H,11-14H2,1H3,(H,54,55)(H,56,57)(H,60,61,62)(H,63,64,65)/p-1. The number of aliphatic hydroxyl groups is 2. The Morgan fingerprint density at radius 3 is 1.92 bits per heavy atom. The van der Waals surface area contributed by atoms with E-state index in [-0.39, 0.29) is 84.5 Å². The third kappa shape index (κ3) is 11.2. The average Bonchev–Trinajstić information content (AvgIpc) is 3.65. The molecule has 30 heteroatoms. The summed E-state index contributed by atoms with van der Waals surface area (Å²) in [5, 5.41) is 68.2. The van der Waals surface area contributed by atoms with Crippen LogP contribution < -0.4 is 14.5 Å². The molecule has 2 unspecified atom stereocenters. The van der Waals surface area contributed by atoms with E-state index in [0.29, 0.717) is 5.01 Å². The number of fused-ring (bicyclic) bond motifs is 2. The Morgan fingerprint density at radius 1 is 0.732 bits per heavy atom. The first-order valence-electron chi connectivity index (χ1n) is 19.8. The molecule has 0 aromatic heterocycles. The van der Waals surface area contributed by atoms with Crippen molar-refractivity contribution in [1.29, 1.82) is 0 Å². The number of phenolic OH excluding ortho intramolecular Hbond substituents is 1. The summed E-state index contributed by atoms with van der Waals surface area (Å²) in [6.45, 7) is -1.85. The summed E-state index contributed by atoms with van der Waals surface area (Å²) in [7, 11) is -14.1. The van der Waals surface area contributed by atoms with Crippen LogP contribution in [0.3, 0.4) is 0 Å². The van der Waals surface area contributed by atoms with E-state index in [1.165, 1.54) is 48.5 Å². The highest BCUT2D eigenvalue weighted by atomic mass is 32.2. The van der Waals surface area contributed by atoms with E-state index in [0.717, 1.165) is 48.7 Å². The number of aromatic hydroxyl groups is 1. The molecule has 6 aromatic carbocycles. The maximum absolute atomic E-state index is 13.3. The molecule has 6 aromatic rings. The van der Waals surface area contributed by atoms with Crippen molar-refractivity contribution in [2.45, 2.75) is 25.6 Å². The van der Waals surface area contributed by atoms with Crippen molar-refractivity contribution in [3.05, 3.63) is 91.0 Å². The lowest BCUT2D eigenvalue weighted by Gasteiger charge is -2.13. The van der Waals surface area contributed by atoms with Crippen LogP contribution in [0.1, 0.15) is 0 Å². The number of anilines is 1. The number of carboxylic acid groups (broad SMARTS) is 1. The fourth-order valence-electron chi connectivity index (χ4n) is 6.77. The number of nitrogens with zero attached hydrogens (tertiary/aromatic N) is 8. The zero-order valence-electron chi connectivity index (χ0n) is 35.9. The summed E-state index contributed by atoms with van der Waals surface area (Å²) in [6, 6.07) is 15.6. The number of azo groups is 3. The van der Waals surface area contributed by atoms with E-state index in [9.17, 15) is 73.1 Å². The Bertz CT molecular complexity index is 3670. The van der Waals surface area contributed by atoms with E-state index in [4.69, 9.17) is 9.47 Å². The monoisotopic (exact) mass is 1050 g/mol. The molecular formula is C41H33N8O18S4-. The van der Waals surface area contributed by atoms with Crippen LogP contribution in [0.25, 0.3) is 21.5 Å². The highest BCUT2D eigenvalue weighted by Crippen LogP contribution is 2.46. The minimum absolute atomic E-state index is 0.0173. The number of ether oxygens (including phenoxy) is 2. The number of aliphatic carboxylic acids is 1. The summed E-state index contributed by atoms with van der Waals surface area (Å²) in [5.41, 5.74) is -2.40. The summed E-state index contributed by atoms with van der Waals surface area (Å²) in [6.07, 6.45) is 0.890. The lowest BCUT2D eigenvalue weighted by atomic mass is 10.1. The van der Waals surface area contributed by atoms with Crippen molar-refractivity contribution >= 4 is 114 Å². The zero-order valence-corrected chi connectivity index (χ0v) is 39.1. The topological polar surface area (TPSA) is 406 Å². The molecule has 0 aliphatic carbocycles. The van der Waals surface area contributed by atoms with Crippen molar-refractivity contribution in [3.63, 3.8) is 0 Å². The molecule has 1 aliphatic rings. The number of hydrazone groups is 1. The summed E-state index contributed by atoms with van der Waals surface area (Å²) >= 11 is -2.58. The number of amides is 1. The maximum Gasteiger partial charge on any atom is 0.355 e. The van der Waals surface area contributed by atoms with Crippen LogP contribution in [0.4, 0.5) is 34.1 Å². The molecule has 0 spiro atoms. The SMILES string of the molecule is CS(=O)(=O)c1cccc2c(S(=O)(=O)O)cc(N=Nc3cc(OCCO)c(N=Nc4c(S(=O)(=O)O)cc5cc(N=NC6C(=O)N(c7ccc(S(=O)[O-])cc7)N=C6C(=O)O)ccc5c4O)cc3OCCO)cc12. The van der Waals surface area contributed by atoms with Crippen LogP contribution in [0.15, 0.2) is 146 Å². The number of carbonyl (C=O) groups is 2. The van der Waals surface area contributed by atoms with Gasteiger partial charge < -0.3 is 34.5 Å². The van der Waals surface area contributed by atoms with Gasteiger partial charge in [0.25, 0.3) is 26.1 Å². The molecule has 0 saturated heterocycles. The van der Waals surface area contributed by atoms with Gasteiger partial charge in [-0.3, -0.25) is 18.1 Å². The summed E-state index contributed by atoms with van der Waals surface area (Å²) < 4.78 is 130. The number of phenols is 1. The molecule has 26 nitrogen and oxygen atoms in total. The fraction of sp³-hybridized carbons (Fsp3) is 0.146. The van der Waals surface area contributed by atoms with Gasteiger partial charge in [-0.2, -0.15) is 42.3 Å². The number of hydrogen-bond acceptors (Lipinski definition) is 22. The van der Waals surface area contributed by atoms with Gasteiger partial charge in [0.2, 0.25) is 6.04 Å². The summed E-state index contributed by atoms with van der Waals surface area (Å²) in [5.74, 6) is -3.92. The molecule has 71 heavy (non-hydrogen) atoms. The molecule has 0 fully saturated rings. The lowest BCUT2D eigenvalue weighted by Crippen LogP contribution is -2.33. The van der Waals surface area contributed by atoms with Crippen molar-refractivity contribution in [2.75, 3.05) is 37.7 Å². The quantitative estimate of drug-likeness (QED) is 0.0359. The molecular weight excluding hydrogens is 1020 g/mol. The Hall–Kier alpha value is -7.55. The van der Waals surface area contributed by atoms with Gasteiger partial charge in [-0.25, -0.2) is 13.2 Å². The fourth-order valence-corrected chi connectivity index (χ4v) is 9.40. The summed E-state index contributed by atoms with van der Waals surface area (Å²) in [4.78, 5) is 23.2. The molecule has 1 aliphatic heterocycles. The molecule has 0 bridgehead atoms. The second-order valence-corrected chi connectivity index (χ2v) is 20.3. The van der Waals surface area contributed by atoms with Gasteiger partial charge in [0.05, 0.1) is 35.2 Å². The predicted octanol–water partition coefficient (Wildman–Crippen LogP) is 5.35. The van der Waals surface area contributed by atoms with Crippen LogP contribution in [-0.4, -0.2) is 120 Å². The Morgan fingerprint density at radius 2 is 1.35 bits per heavy atom. The first kappa shape index (κ1) is 51.3. The number of aliphatic hydroxyl groups excluding tert-OH is 2. The van der Waals surface area contributed by atoms with Gasteiger partial charge in [0.1, 0.15) is 51.6 Å². The van der Waals surface area contributed by atoms with E-state index >= 15 is 0 Å². The molecule has 7 rings (SSSR count). The Labute approximate surface area is 402 Å². The zero-order chi connectivity index (χ0) is 51.6. The first-order chi connectivity index (χ1) is 33.5. The number of carbonyl (C=O) groups excluding carboxylic acids is 1. The average molecular weight is 1050 g/mol. The van der Waals surface area contributed by atoms with Gasteiger partial charge >= 0.3 is 5.97 Å². The maximum atomic E-state index is 13.3. The number of rotatable bonds is 18. The lowest BCUT2D eigenvalue weighted by molar-refractivity contribution is -0.130. The van der Waals surface area contributed by atoms with E-state index < -0.39 is 99.2 Å². The van der Waals surface area contributed by atoms with E-state index in [1.807, 2.05) is 0 Å². The van der Waals surface area contributed by atoms with Gasteiger partial charge in [-0.05, 0) is 83.2 Å². The molecule has 0 saturated carbocycles. The van der Waals surface area contributed by atoms with Crippen molar-refractivity contribution < 1.29 is 82.6 Å². The second kappa shape index (κ2) is 20.4. The number of carboxylic acids is 1. The molecule has 1 heterocycles. The molecule has 2 atom stereocenters. The number of hydrogen-bond donors (Lipinski definition) is 6. The van der Waals surface area contributed by atoms with Crippen LogP contribution in [-0.2, 0) is 50.7 Å². The predicted molar refractivity (Wildman–Crippen MR) is 247 cm³/mol. The van der Waals surface area contributed by atoms with E-state index in [1.54, 1.807) is 0 Å².